The molecule has 1 heterocycles. The third kappa shape index (κ3) is 4.99. The van der Waals surface area contributed by atoms with E-state index in [-0.39, 0.29) is 0 Å². The third-order valence-electron chi connectivity index (χ3n) is 3.20. The molecule has 0 saturated carbocycles. The van der Waals surface area contributed by atoms with Gasteiger partial charge in [0, 0.05) is 19.0 Å². The fourth-order valence-electron chi connectivity index (χ4n) is 1.97. The van der Waals surface area contributed by atoms with Gasteiger partial charge in [0.15, 0.2) is 0 Å². The van der Waals surface area contributed by atoms with E-state index < -0.39 is 0 Å². The van der Waals surface area contributed by atoms with Gasteiger partial charge in [-0.25, -0.2) is 0 Å². The Balaban J connectivity index is 2.28. The molecule has 0 spiro atoms. The first-order valence-electron chi connectivity index (χ1n) is 7.03. The first kappa shape index (κ1) is 15.5. The summed E-state index contributed by atoms with van der Waals surface area (Å²) < 4.78 is 2.09. The zero-order valence-electron chi connectivity index (χ0n) is 11.9. The number of halogens is 1. The van der Waals surface area contributed by atoms with Gasteiger partial charge in [-0.05, 0) is 44.7 Å². The van der Waals surface area contributed by atoms with Gasteiger partial charge in [0.1, 0.15) is 0 Å². The van der Waals surface area contributed by atoms with Crippen molar-refractivity contribution in [3.63, 3.8) is 0 Å². The fraction of sp³-hybridized carbons (Fsp3) is 0.786. The van der Waals surface area contributed by atoms with Crippen LogP contribution in [0.1, 0.15) is 45.0 Å². The molecule has 1 aromatic rings. The highest BCUT2D eigenvalue weighted by Crippen LogP contribution is 2.07. The smallest absolute Gasteiger partial charge is 0.0625 e. The Bertz CT molecular complexity index is 336. The van der Waals surface area contributed by atoms with Crippen LogP contribution in [0.25, 0.3) is 0 Å². The Hall–Kier alpha value is -0.540. The van der Waals surface area contributed by atoms with Crippen molar-refractivity contribution in [3.8, 4) is 0 Å². The lowest BCUT2D eigenvalue weighted by Gasteiger charge is -2.08. The van der Waals surface area contributed by atoms with E-state index in [0.29, 0.717) is 5.92 Å². The number of aryl methyl sites for hydroxylation is 2. The van der Waals surface area contributed by atoms with Gasteiger partial charge in [0.05, 0.1) is 11.4 Å². The molecule has 0 radical (unpaired) electrons. The molecule has 0 aromatic carbocycles. The molecule has 0 bridgehead atoms. The van der Waals surface area contributed by atoms with Crippen LogP contribution in [0.5, 0.6) is 0 Å². The zero-order valence-corrected chi connectivity index (χ0v) is 12.6. The number of nitrogens with zero attached hydrogens (tertiary/aromatic N) is 2. The molecule has 1 rings (SSSR count). The van der Waals surface area contributed by atoms with Crippen molar-refractivity contribution in [1.29, 1.82) is 0 Å². The standard InChI is InChI=1S/C14H26ClN3/c1-4-13-9-14(18(5-2)17-13)11-16-8-6-7-12(3)10-15/h9,12,16H,4-8,10-11H2,1-3H3. The number of hydrogen-bond acceptors (Lipinski definition) is 2. The summed E-state index contributed by atoms with van der Waals surface area (Å²) >= 11 is 5.79. The van der Waals surface area contributed by atoms with E-state index in [9.17, 15) is 0 Å². The van der Waals surface area contributed by atoms with Crippen molar-refractivity contribution in [1.82, 2.24) is 15.1 Å². The highest BCUT2D eigenvalue weighted by molar-refractivity contribution is 6.18. The molecule has 1 unspecified atom stereocenters. The Morgan fingerprint density at radius 1 is 1.44 bits per heavy atom. The van der Waals surface area contributed by atoms with Crippen LogP contribution in [0.3, 0.4) is 0 Å². The molecule has 1 aromatic heterocycles. The maximum atomic E-state index is 5.79. The Labute approximate surface area is 116 Å². The molecule has 1 atom stereocenters. The quantitative estimate of drug-likeness (QED) is 0.552. The van der Waals surface area contributed by atoms with E-state index in [2.05, 4.69) is 41.9 Å². The summed E-state index contributed by atoms with van der Waals surface area (Å²) in [6.07, 6.45) is 3.39. The monoisotopic (exact) mass is 271 g/mol. The summed E-state index contributed by atoms with van der Waals surface area (Å²) in [5.41, 5.74) is 2.48. The average Bonchev–Trinajstić information content (AvgIpc) is 2.80. The molecular weight excluding hydrogens is 246 g/mol. The second-order valence-corrected chi connectivity index (χ2v) is 5.18. The number of rotatable bonds is 9. The Kier molecular flexibility index (Phi) is 7.36. The van der Waals surface area contributed by atoms with Crippen LogP contribution in [-0.4, -0.2) is 22.2 Å². The minimum absolute atomic E-state index is 0.626. The van der Waals surface area contributed by atoms with Crippen LogP contribution in [0.2, 0.25) is 0 Å². The van der Waals surface area contributed by atoms with Gasteiger partial charge in [-0.3, -0.25) is 4.68 Å². The van der Waals surface area contributed by atoms with Crippen molar-refractivity contribution in [3.05, 3.63) is 17.5 Å². The maximum absolute atomic E-state index is 5.79. The molecule has 1 N–H and O–H groups in total. The number of alkyl halides is 1. The van der Waals surface area contributed by atoms with Gasteiger partial charge in [-0.1, -0.05) is 13.8 Å². The van der Waals surface area contributed by atoms with Crippen molar-refractivity contribution in [2.45, 2.75) is 53.1 Å². The summed E-state index contributed by atoms with van der Waals surface area (Å²) in [6, 6.07) is 2.21. The SMILES string of the molecule is CCc1cc(CNCCCC(C)CCl)n(CC)n1. The lowest BCUT2D eigenvalue weighted by atomic mass is 10.1. The van der Waals surface area contributed by atoms with Crippen LogP contribution in [0.15, 0.2) is 6.07 Å². The minimum atomic E-state index is 0.626. The molecule has 0 fully saturated rings. The first-order valence-corrected chi connectivity index (χ1v) is 7.56. The molecule has 0 aliphatic heterocycles. The molecule has 0 aliphatic carbocycles. The normalized spacial score (nSPS) is 12.9. The fourth-order valence-corrected chi connectivity index (χ4v) is 2.13. The molecule has 0 aliphatic rings. The van der Waals surface area contributed by atoms with E-state index in [1.54, 1.807) is 0 Å². The maximum Gasteiger partial charge on any atom is 0.0625 e. The molecule has 4 heteroatoms. The largest absolute Gasteiger partial charge is 0.311 e. The zero-order chi connectivity index (χ0) is 13.4. The van der Waals surface area contributed by atoms with Gasteiger partial charge in [0.25, 0.3) is 0 Å². The van der Waals surface area contributed by atoms with Gasteiger partial charge >= 0.3 is 0 Å². The summed E-state index contributed by atoms with van der Waals surface area (Å²) in [4.78, 5) is 0. The van der Waals surface area contributed by atoms with Crippen molar-refractivity contribution >= 4 is 11.6 Å². The summed E-state index contributed by atoms with van der Waals surface area (Å²) in [5, 5.41) is 8.04. The molecule has 104 valence electrons. The topological polar surface area (TPSA) is 29.9 Å². The predicted octanol–water partition coefficient (Wildman–Crippen LogP) is 3.21. The summed E-state index contributed by atoms with van der Waals surface area (Å²) in [6.45, 7) is 9.39. The van der Waals surface area contributed by atoms with Gasteiger partial charge in [-0.15, -0.1) is 11.6 Å². The summed E-state index contributed by atoms with van der Waals surface area (Å²) in [5.74, 6) is 1.39. The van der Waals surface area contributed by atoms with Crippen LogP contribution in [-0.2, 0) is 19.5 Å². The van der Waals surface area contributed by atoms with Crippen LogP contribution in [0.4, 0.5) is 0 Å². The van der Waals surface area contributed by atoms with Crippen molar-refractivity contribution in [2.24, 2.45) is 5.92 Å². The first-order chi connectivity index (χ1) is 8.71. The average molecular weight is 272 g/mol. The molecular formula is C14H26ClN3. The van der Waals surface area contributed by atoms with E-state index in [4.69, 9.17) is 11.6 Å². The van der Waals surface area contributed by atoms with Crippen molar-refractivity contribution in [2.75, 3.05) is 12.4 Å². The van der Waals surface area contributed by atoms with Crippen molar-refractivity contribution < 1.29 is 0 Å². The van der Waals surface area contributed by atoms with E-state index in [0.717, 1.165) is 31.9 Å². The lowest BCUT2D eigenvalue weighted by molar-refractivity contribution is 0.518. The highest BCUT2D eigenvalue weighted by Gasteiger charge is 2.05. The van der Waals surface area contributed by atoms with Gasteiger partial charge < -0.3 is 5.32 Å². The van der Waals surface area contributed by atoms with Gasteiger partial charge in [0.2, 0.25) is 0 Å². The second kappa shape index (κ2) is 8.54. The third-order valence-corrected chi connectivity index (χ3v) is 3.72. The van der Waals surface area contributed by atoms with E-state index >= 15 is 0 Å². The van der Waals surface area contributed by atoms with Gasteiger partial charge in [-0.2, -0.15) is 5.10 Å². The minimum Gasteiger partial charge on any atom is -0.311 e. The molecule has 18 heavy (non-hydrogen) atoms. The Morgan fingerprint density at radius 3 is 2.83 bits per heavy atom. The Morgan fingerprint density at radius 2 is 2.22 bits per heavy atom. The number of aromatic nitrogens is 2. The van der Waals surface area contributed by atoms with E-state index in [1.165, 1.54) is 24.2 Å². The predicted molar refractivity (Wildman–Crippen MR) is 78.1 cm³/mol. The molecule has 0 saturated heterocycles. The van der Waals surface area contributed by atoms with E-state index in [1.807, 2.05) is 0 Å². The van der Waals surface area contributed by atoms with Crippen LogP contribution in [0, 0.1) is 5.92 Å². The van der Waals surface area contributed by atoms with Crippen LogP contribution >= 0.6 is 11.6 Å². The summed E-state index contributed by atoms with van der Waals surface area (Å²) in [7, 11) is 0. The number of nitrogens with one attached hydrogen (secondary N) is 1. The second-order valence-electron chi connectivity index (χ2n) is 4.87. The highest BCUT2D eigenvalue weighted by atomic mass is 35.5. The molecule has 3 nitrogen and oxygen atoms in total. The number of hydrogen-bond donors (Lipinski definition) is 1. The molecule has 0 amide bonds. The lowest BCUT2D eigenvalue weighted by Crippen LogP contribution is -2.18. The van der Waals surface area contributed by atoms with Crippen LogP contribution < -0.4 is 5.32 Å².